The molecule has 2 bridgehead atoms. The molecule has 4 nitrogen and oxygen atoms in total. The number of aliphatic carboxylic acids is 1. The van der Waals surface area contributed by atoms with Crippen LogP contribution in [-0.4, -0.2) is 27.9 Å². The van der Waals surface area contributed by atoms with Crippen LogP contribution in [0.4, 0.5) is 0 Å². The molecule has 1 fully saturated rings. The largest absolute Gasteiger partial charge is 0.481 e. The molecule has 1 N–H and O–H groups in total. The molecule has 1 aliphatic carbocycles. The van der Waals surface area contributed by atoms with Crippen LogP contribution in [0, 0.1) is 5.92 Å². The minimum Gasteiger partial charge on any atom is -0.481 e. The maximum Gasteiger partial charge on any atom is 0.315 e. The van der Waals surface area contributed by atoms with Crippen LogP contribution in [-0.2, 0) is 16.1 Å². The minimum absolute atomic E-state index is 0.195. The Labute approximate surface area is 125 Å². The predicted molar refractivity (Wildman–Crippen MR) is 77.3 cm³/mol. The van der Waals surface area contributed by atoms with Gasteiger partial charge in [0.05, 0.1) is 0 Å². The summed E-state index contributed by atoms with van der Waals surface area (Å²) >= 11 is 3.46. The van der Waals surface area contributed by atoms with E-state index in [0.29, 0.717) is 12.5 Å². The fraction of sp³-hybridized carbons (Fsp3) is 0.467. The van der Waals surface area contributed by atoms with Gasteiger partial charge in [0.2, 0.25) is 5.91 Å². The topological polar surface area (TPSA) is 57.6 Å². The van der Waals surface area contributed by atoms with Gasteiger partial charge in [-0.25, -0.2) is 0 Å². The van der Waals surface area contributed by atoms with Crippen LogP contribution in [0.1, 0.15) is 36.8 Å². The molecule has 0 saturated heterocycles. The molecule has 2 heterocycles. The van der Waals surface area contributed by atoms with Gasteiger partial charge in [-0.15, -0.1) is 0 Å². The number of fused-ring (bicyclic) bond motifs is 1. The van der Waals surface area contributed by atoms with E-state index in [1.54, 1.807) is 4.90 Å². The summed E-state index contributed by atoms with van der Waals surface area (Å²) in [5.74, 6) is -1.78. The van der Waals surface area contributed by atoms with Crippen LogP contribution in [0.15, 0.2) is 22.7 Å². The molecule has 4 rings (SSSR count). The Kier molecular flexibility index (Phi) is 3.32. The lowest BCUT2D eigenvalue weighted by Gasteiger charge is -2.40. The predicted octanol–water partition coefficient (Wildman–Crippen LogP) is 2.76. The van der Waals surface area contributed by atoms with Gasteiger partial charge >= 0.3 is 5.97 Å². The standard InChI is InChI=1S/C15H16BrNO3/c1-8(15(19)20)14(18)17-7-10-4-11(16)2-3-13(10)9-5-12(17)6-9/h2-4,8-9,12H,5-7H2,1H3,(H,19,20). The maximum absolute atomic E-state index is 12.4. The highest BCUT2D eigenvalue weighted by Gasteiger charge is 2.42. The first-order valence-corrected chi connectivity index (χ1v) is 7.58. The molecule has 1 atom stereocenters. The van der Waals surface area contributed by atoms with Crippen molar-refractivity contribution in [2.75, 3.05) is 0 Å². The van der Waals surface area contributed by atoms with E-state index in [1.165, 1.54) is 12.5 Å². The van der Waals surface area contributed by atoms with Gasteiger partial charge in [-0.3, -0.25) is 9.59 Å². The maximum atomic E-state index is 12.4. The van der Waals surface area contributed by atoms with Gasteiger partial charge in [-0.2, -0.15) is 0 Å². The van der Waals surface area contributed by atoms with E-state index in [0.717, 1.165) is 22.9 Å². The Bertz CT molecular complexity index is 580. The van der Waals surface area contributed by atoms with Crippen LogP contribution >= 0.6 is 15.9 Å². The smallest absolute Gasteiger partial charge is 0.315 e. The van der Waals surface area contributed by atoms with Crippen molar-refractivity contribution in [3.63, 3.8) is 0 Å². The van der Waals surface area contributed by atoms with Crippen LogP contribution in [0.5, 0.6) is 0 Å². The number of hydrogen-bond donors (Lipinski definition) is 1. The number of carbonyl (C=O) groups excluding carboxylic acids is 1. The minimum atomic E-state index is -1.05. The Balaban J connectivity index is 1.92. The van der Waals surface area contributed by atoms with E-state index < -0.39 is 11.9 Å². The van der Waals surface area contributed by atoms with Crippen molar-refractivity contribution in [3.8, 4) is 0 Å². The van der Waals surface area contributed by atoms with Crippen LogP contribution in [0.25, 0.3) is 0 Å². The zero-order valence-electron chi connectivity index (χ0n) is 11.2. The Hall–Kier alpha value is -1.36. The number of carboxylic acids is 1. The van der Waals surface area contributed by atoms with E-state index in [-0.39, 0.29) is 11.9 Å². The summed E-state index contributed by atoms with van der Waals surface area (Å²) < 4.78 is 0.994. The average molecular weight is 338 g/mol. The lowest BCUT2D eigenvalue weighted by molar-refractivity contribution is -0.152. The molecule has 0 radical (unpaired) electrons. The van der Waals surface area contributed by atoms with Crippen molar-refractivity contribution in [3.05, 3.63) is 33.8 Å². The normalized spacial score (nSPS) is 25.2. The molecule has 3 aliphatic rings. The number of rotatable bonds is 2. The molecule has 0 aromatic heterocycles. The SMILES string of the molecule is CC(C(=O)O)C(=O)N1Cc2cc(Br)ccc2C2CC1C2. The summed E-state index contributed by atoms with van der Waals surface area (Å²) in [6, 6.07) is 6.39. The first-order valence-electron chi connectivity index (χ1n) is 6.79. The van der Waals surface area contributed by atoms with Crippen molar-refractivity contribution >= 4 is 27.8 Å². The molecule has 1 aromatic carbocycles. The highest BCUT2D eigenvalue weighted by Crippen LogP contribution is 2.45. The molecular weight excluding hydrogens is 322 g/mol. The summed E-state index contributed by atoms with van der Waals surface area (Å²) in [4.78, 5) is 25.1. The summed E-state index contributed by atoms with van der Waals surface area (Å²) in [7, 11) is 0. The molecule has 2 aliphatic heterocycles. The van der Waals surface area contributed by atoms with Gasteiger partial charge < -0.3 is 10.0 Å². The van der Waals surface area contributed by atoms with Gasteiger partial charge in [-0.05, 0) is 48.9 Å². The average Bonchev–Trinajstić information content (AvgIpc) is 2.60. The Morgan fingerprint density at radius 2 is 2.10 bits per heavy atom. The fourth-order valence-electron chi connectivity index (χ4n) is 3.13. The monoisotopic (exact) mass is 337 g/mol. The van der Waals surface area contributed by atoms with Crippen LogP contribution in [0.2, 0.25) is 0 Å². The quantitative estimate of drug-likeness (QED) is 0.844. The Morgan fingerprint density at radius 3 is 2.75 bits per heavy atom. The second-order valence-corrected chi connectivity index (χ2v) is 6.61. The van der Waals surface area contributed by atoms with Crippen molar-refractivity contribution in [2.24, 2.45) is 5.92 Å². The van der Waals surface area contributed by atoms with Crippen LogP contribution < -0.4 is 0 Å². The highest BCUT2D eigenvalue weighted by molar-refractivity contribution is 9.10. The number of hydrogen-bond acceptors (Lipinski definition) is 2. The lowest BCUT2D eigenvalue weighted by Crippen LogP contribution is -2.47. The zero-order chi connectivity index (χ0) is 14.4. The fourth-order valence-corrected chi connectivity index (χ4v) is 3.54. The number of halogens is 1. The van der Waals surface area contributed by atoms with Crippen molar-refractivity contribution in [1.29, 1.82) is 0 Å². The summed E-state index contributed by atoms with van der Waals surface area (Å²) in [5.41, 5.74) is 2.44. The number of nitrogens with zero attached hydrogens (tertiary/aromatic N) is 1. The van der Waals surface area contributed by atoms with Gasteiger partial charge in [0.1, 0.15) is 5.92 Å². The number of benzene rings is 1. The van der Waals surface area contributed by atoms with E-state index in [4.69, 9.17) is 5.11 Å². The lowest BCUT2D eigenvalue weighted by atomic mass is 9.75. The first-order chi connectivity index (χ1) is 9.47. The van der Waals surface area contributed by atoms with Gasteiger partial charge in [-0.1, -0.05) is 22.0 Å². The number of carbonyl (C=O) groups is 2. The summed E-state index contributed by atoms with van der Waals surface area (Å²) in [6.07, 6.45) is 1.90. The van der Waals surface area contributed by atoms with E-state index >= 15 is 0 Å². The Morgan fingerprint density at radius 1 is 1.40 bits per heavy atom. The third kappa shape index (κ3) is 2.14. The molecule has 1 amide bonds. The third-order valence-corrected chi connectivity index (χ3v) is 4.96. The van der Waals surface area contributed by atoms with E-state index in [2.05, 4.69) is 22.0 Å². The molecule has 1 unspecified atom stereocenters. The molecule has 106 valence electrons. The number of amides is 1. The molecule has 0 spiro atoms. The number of carboxylic acid groups (broad SMARTS) is 1. The van der Waals surface area contributed by atoms with Gasteiger partial charge in [0.25, 0.3) is 0 Å². The second-order valence-electron chi connectivity index (χ2n) is 5.69. The second kappa shape index (κ2) is 4.88. The van der Waals surface area contributed by atoms with Crippen molar-refractivity contribution in [2.45, 2.75) is 38.3 Å². The zero-order valence-corrected chi connectivity index (χ0v) is 12.8. The van der Waals surface area contributed by atoms with Gasteiger partial charge in [0.15, 0.2) is 0 Å². The first kappa shape index (κ1) is 13.6. The highest BCUT2D eigenvalue weighted by atomic mass is 79.9. The molecular formula is C15H16BrNO3. The summed E-state index contributed by atoms with van der Waals surface area (Å²) in [5, 5.41) is 9.04. The van der Waals surface area contributed by atoms with Crippen LogP contribution in [0.3, 0.4) is 0 Å². The van der Waals surface area contributed by atoms with Crippen molar-refractivity contribution in [1.82, 2.24) is 4.90 Å². The molecule has 1 aromatic rings. The van der Waals surface area contributed by atoms with E-state index in [1.807, 2.05) is 12.1 Å². The van der Waals surface area contributed by atoms with Crippen molar-refractivity contribution < 1.29 is 14.7 Å². The molecule has 1 saturated carbocycles. The molecule has 20 heavy (non-hydrogen) atoms. The third-order valence-electron chi connectivity index (χ3n) is 4.46. The summed E-state index contributed by atoms with van der Waals surface area (Å²) in [6.45, 7) is 1.99. The van der Waals surface area contributed by atoms with E-state index in [9.17, 15) is 9.59 Å². The molecule has 5 heteroatoms. The van der Waals surface area contributed by atoms with Gasteiger partial charge in [0, 0.05) is 17.1 Å².